The fraction of sp³-hybridized carbons (Fsp3) is 0.500. The van der Waals surface area contributed by atoms with Crippen LogP contribution in [0.5, 0.6) is 5.75 Å². The highest BCUT2D eigenvalue weighted by molar-refractivity contribution is 5.71. The molecule has 0 saturated carbocycles. The summed E-state index contributed by atoms with van der Waals surface area (Å²) in [6.07, 6.45) is 0.778. The summed E-state index contributed by atoms with van der Waals surface area (Å²) in [4.78, 5) is 11.5. The molecule has 1 aromatic carbocycles. The zero-order valence-corrected chi connectivity index (χ0v) is 11.2. The topological polar surface area (TPSA) is 61.5 Å². The van der Waals surface area contributed by atoms with E-state index >= 15 is 0 Å². The summed E-state index contributed by atoms with van der Waals surface area (Å²) in [5.74, 6) is 0.767. The van der Waals surface area contributed by atoms with Crippen LogP contribution in [0, 0.1) is 5.92 Å². The molecule has 0 fully saturated rings. The van der Waals surface area contributed by atoms with E-state index in [-0.39, 0.29) is 18.7 Å². The third-order valence-corrected chi connectivity index (χ3v) is 2.37. The van der Waals surface area contributed by atoms with E-state index in [1.54, 1.807) is 24.3 Å². The fourth-order valence-electron chi connectivity index (χ4n) is 1.68. The van der Waals surface area contributed by atoms with Gasteiger partial charge in [0, 0.05) is 5.69 Å². The number of rotatable bonds is 6. The Balaban J connectivity index is 2.30. The van der Waals surface area contributed by atoms with Crippen molar-refractivity contribution in [2.24, 2.45) is 5.92 Å². The molecule has 0 bridgehead atoms. The van der Waals surface area contributed by atoms with Gasteiger partial charge in [0.2, 0.25) is 0 Å². The van der Waals surface area contributed by atoms with Gasteiger partial charge in [-0.1, -0.05) is 13.8 Å². The third kappa shape index (κ3) is 5.57. The minimum Gasteiger partial charge on any atom is -0.482 e. The predicted octanol–water partition coefficient (Wildman–Crippen LogP) is 2.63. The summed E-state index contributed by atoms with van der Waals surface area (Å²) in [6, 6.07) is 6.89. The average molecular weight is 251 g/mol. The maximum atomic E-state index is 11.5. The number of hydrogen-bond acceptors (Lipinski definition) is 4. The Morgan fingerprint density at radius 1 is 1.22 bits per heavy atom. The number of benzene rings is 1. The van der Waals surface area contributed by atoms with E-state index in [2.05, 4.69) is 13.8 Å². The SMILES string of the molecule is CC(C)CC(C)OC(=O)COc1ccc(N)cc1. The zero-order chi connectivity index (χ0) is 13.5. The van der Waals surface area contributed by atoms with Crippen molar-refractivity contribution in [3.05, 3.63) is 24.3 Å². The van der Waals surface area contributed by atoms with Crippen molar-refractivity contribution in [1.82, 2.24) is 0 Å². The molecule has 0 saturated heterocycles. The molecule has 0 heterocycles. The van der Waals surface area contributed by atoms with Crippen molar-refractivity contribution < 1.29 is 14.3 Å². The van der Waals surface area contributed by atoms with E-state index < -0.39 is 0 Å². The highest BCUT2D eigenvalue weighted by Crippen LogP contribution is 2.13. The Kier molecular flexibility index (Phi) is 5.49. The van der Waals surface area contributed by atoms with Gasteiger partial charge in [0.15, 0.2) is 6.61 Å². The molecule has 4 heteroatoms. The fourth-order valence-corrected chi connectivity index (χ4v) is 1.68. The van der Waals surface area contributed by atoms with E-state index in [9.17, 15) is 4.79 Å². The van der Waals surface area contributed by atoms with Crippen LogP contribution in [0.25, 0.3) is 0 Å². The maximum absolute atomic E-state index is 11.5. The standard InChI is InChI=1S/C14H21NO3/c1-10(2)8-11(3)18-14(16)9-17-13-6-4-12(15)5-7-13/h4-7,10-11H,8-9,15H2,1-3H3. The van der Waals surface area contributed by atoms with Gasteiger partial charge in [-0.25, -0.2) is 4.79 Å². The van der Waals surface area contributed by atoms with Crippen LogP contribution in [0.3, 0.4) is 0 Å². The van der Waals surface area contributed by atoms with Gasteiger partial charge in [-0.15, -0.1) is 0 Å². The second kappa shape index (κ2) is 6.89. The molecule has 0 amide bonds. The molecule has 1 unspecified atom stereocenters. The quantitative estimate of drug-likeness (QED) is 0.623. The number of hydrogen-bond donors (Lipinski definition) is 1. The molecule has 1 atom stereocenters. The Morgan fingerprint density at radius 2 is 1.83 bits per heavy atom. The monoisotopic (exact) mass is 251 g/mol. The first kappa shape index (κ1) is 14.4. The van der Waals surface area contributed by atoms with E-state index in [1.165, 1.54) is 0 Å². The predicted molar refractivity (Wildman–Crippen MR) is 71.4 cm³/mol. The Hall–Kier alpha value is -1.71. The van der Waals surface area contributed by atoms with Gasteiger partial charge in [-0.05, 0) is 43.5 Å². The Bertz CT molecular complexity index is 373. The van der Waals surface area contributed by atoms with Crippen LogP contribution in [-0.4, -0.2) is 18.7 Å². The van der Waals surface area contributed by atoms with Crippen LogP contribution in [0.2, 0.25) is 0 Å². The van der Waals surface area contributed by atoms with E-state index in [1.807, 2.05) is 6.92 Å². The molecule has 0 aliphatic carbocycles. The molecular weight excluding hydrogens is 230 g/mol. The lowest BCUT2D eigenvalue weighted by Gasteiger charge is -2.15. The summed E-state index contributed by atoms with van der Waals surface area (Å²) < 4.78 is 10.5. The molecule has 0 aromatic heterocycles. The minimum atomic E-state index is -0.347. The number of carbonyl (C=O) groups excluding carboxylic acids is 1. The zero-order valence-electron chi connectivity index (χ0n) is 11.2. The molecule has 1 aromatic rings. The van der Waals surface area contributed by atoms with Gasteiger partial charge < -0.3 is 15.2 Å². The molecule has 4 nitrogen and oxygen atoms in total. The first-order valence-electron chi connectivity index (χ1n) is 6.15. The first-order valence-corrected chi connectivity index (χ1v) is 6.15. The number of carbonyl (C=O) groups is 1. The van der Waals surface area contributed by atoms with Gasteiger partial charge >= 0.3 is 5.97 Å². The average Bonchev–Trinajstić information content (AvgIpc) is 2.27. The number of nitrogens with two attached hydrogens (primary N) is 1. The van der Waals surface area contributed by atoms with Crippen molar-refractivity contribution in [2.45, 2.75) is 33.3 Å². The molecule has 0 spiro atoms. The molecule has 2 N–H and O–H groups in total. The molecular formula is C14H21NO3. The third-order valence-electron chi connectivity index (χ3n) is 2.37. The molecule has 0 aliphatic heterocycles. The molecule has 18 heavy (non-hydrogen) atoms. The summed E-state index contributed by atoms with van der Waals surface area (Å²) >= 11 is 0. The number of esters is 1. The van der Waals surface area contributed by atoms with Crippen LogP contribution in [-0.2, 0) is 9.53 Å². The Morgan fingerprint density at radius 3 is 2.39 bits per heavy atom. The van der Waals surface area contributed by atoms with Crippen molar-refractivity contribution in [1.29, 1.82) is 0 Å². The highest BCUT2D eigenvalue weighted by Gasteiger charge is 2.11. The van der Waals surface area contributed by atoms with Crippen LogP contribution in [0.1, 0.15) is 27.2 Å². The second-order valence-electron chi connectivity index (χ2n) is 4.79. The lowest BCUT2D eigenvalue weighted by Crippen LogP contribution is -2.21. The lowest BCUT2D eigenvalue weighted by atomic mass is 10.1. The Labute approximate surface area is 108 Å². The van der Waals surface area contributed by atoms with Crippen LogP contribution in [0.4, 0.5) is 5.69 Å². The highest BCUT2D eigenvalue weighted by atomic mass is 16.6. The molecule has 0 aliphatic rings. The largest absolute Gasteiger partial charge is 0.482 e. The number of anilines is 1. The summed E-state index contributed by atoms with van der Waals surface area (Å²) in [6.45, 7) is 6.00. The lowest BCUT2D eigenvalue weighted by molar-refractivity contribution is -0.151. The van der Waals surface area contributed by atoms with Crippen molar-refractivity contribution in [3.63, 3.8) is 0 Å². The van der Waals surface area contributed by atoms with Gasteiger partial charge in [-0.2, -0.15) is 0 Å². The van der Waals surface area contributed by atoms with E-state index in [0.29, 0.717) is 17.4 Å². The normalized spacial score (nSPS) is 12.2. The van der Waals surface area contributed by atoms with Gasteiger partial charge in [0.25, 0.3) is 0 Å². The number of ether oxygens (including phenoxy) is 2. The van der Waals surface area contributed by atoms with E-state index in [0.717, 1.165) is 6.42 Å². The van der Waals surface area contributed by atoms with Crippen LogP contribution < -0.4 is 10.5 Å². The van der Waals surface area contributed by atoms with Gasteiger partial charge in [-0.3, -0.25) is 0 Å². The molecule has 1 rings (SSSR count). The summed E-state index contributed by atoms with van der Waals surface area (Å²) in [5.41, 5.74) is 6.21. The molecule has 0 radical (unpaired) electrons. The summed E-state index contributed by atoms with van der Waals surface area (Å²) in [5, 5.41) is 0. The molecule has 100 valence electrons. The number of nitrogen functional groups attached to an aromatic ring is 1. The second-order valence-corrected chi connectivity index (χ2v) is 4.79. The van der Waals surface area contributed by atoms with Crippen LogP contribution >= 0.6 is 0 Å². The van der Waals surface area contributed by atoms with Gasteiger partial charge in [0.05, 0.1) is 6.10 Å². The van der Waals surface area contributed by atoms with Crippen LogP contribution in [0.15, 0.2) is 24.3 Å². The summed E-state index contributed by atoms with van der Waals surface area (Å²) in [7, 11) is 0. The smallest absolute Gasteiger partial charge is 0.344 e. The maximum Gasteiger partial charge on any atom is 0.344 e. The first-order chi connectivity index (χ1) is 8.47. The van der Waals surface area contributed by atoms with Crippen molar-refractivity contribution in [3.8, 4) is 5.75 Å². The van der Waals surface area contributed by atoms with Crippen molar-refractivity contribution >= 4 is 11.7 Å². The van der Waals surface area contributed by atoms with Gasteiger partial charge in [0.1, 0.15) is 5.75 Å². The van der Waals surface area contributed by atoms with Crippen molar-refractivity contribution in [2.75, 3.05) is 12.3 Å². The van der Waals surface area contributed by atoms with E-state index in [4.69, 9.17) is 15.2 Å². The minimum absolute atomic E-state index is 0.0764.